The third kappa shape index (κ3) is 1.53. The van der Waals surface area contributed by atoms with Gasteiger partial charge in [-0.1, -0.05) is 0 Å². The second-order valence-electron chi connectivity index (χ2n) is 4.52. The summed E-state index contributed by atoms with van der Waals surface area (Å²) in [6, 6.07) is 4.31. The van der Waals surface area contributed by atoms with Gasteiger partial charge in [0, 0.05) is 12.0 Å². The number of rotatable bonds is 0. The molecule has 1 atom stereocenters. The SMILES string of the molecule is O[C@H]1CCOc2cc3c(cc21)CCCC3. The maximum atomic E-state index is 9.88. The van der Waals surface area contributed by atoms with Crippen LogP contribution in [0.4, 0.5) is 0 Å². The Kier molecular flexibility index (Phi) is 2.17. The van der Waals surface area contributed by atoms with E-state index in [0.29, 0.717) is 6.61 Å². The number of ether oxygens (including phenoxy) is 1. The average Bonchev–Trinajstić information content (AvgIpc) is 2.27. The Hall–Kier alpha value is -1.02. The van der Waals surface area contributed by atoms with Gasteiger partial charge in [-0.2, -0.15) is 0 Å². The first kappa shape index (κ1) is 9.22. The van der Waals surface area contributed by atoms with Crippen LogP contribution in [0, 0.1) is 0 Å². The molecule has 1 heterocycles. The van der Waals surface area contributed by atoms with E-state index in [1.807, 2.05) is 0 Å². The van der Waals surface area contributed by atoms with Crippen molar-refractivity contribution in [1.82, 2.24) is 0 Å². The highest BCUT2D eigenvalue weighted by molar-refractivity contribution is 5.45. The number of aryl methyl sites for hydroxylation is 2. The average molecular weight is 204 g/mol. The first-order valence-corrected chi connectivity index (χ1v) is 5.81. The highest BCUT2D eigenvalue weighted by atomic mass is 16.5. The van der Waals surface area contributed by atoms with Gasteiger partial charge < -0.3 is 9.84 Å². The van der Waals surface area contributed by atoms with Crippen LogP contribution in [0.15, 0.2) is 12.1 Å². The van der Waals surface area contributed by atoms with Crippen molar-refractivity contribution >= 4 is 0 Å². The van der Waals surface area contributed by atoms with E-state index in [1.165, 1.54) is 30.4 Å². The van der Waals surface area contributed by atoms with Crippen LogP contribution in [0.3, 0.4) is 0 Å². The van der Waals surface area contributed by atoms with Crippen LogP contribution in [-0.4, -0.2) is 11.7 Å². The van der Waals surface area contributed by atoms with E-state index in [2.05, 4.69) is 12.1 Å². The van der Waals surface area contributed by atoms with E-state index in [1.54, 1.807) is 0 Å². The fraction of sp³-hybridized carbons (Fsp3) is 0.538. The Morgan fingerprint density at radius 2 is 1.87 bits per heavy atom. The Bertz CT molecular complexity index is 384. The smallest absolute Gasteiger partial charge is 0.125 e. The highest BCUT2D eigenvalue weighted by Crippen LogP contribution is 2.36. The van der Waals surface area contributed by atoms with Gasteiger partial charge in [0.2, 0.25) is 0 Å². The number of aliphatic hydroxyl groups is 1. The minimum Gasteiger partial charge on any atom is -0.493 e. The first-order valence-electron chi connectivity index (χ1n) is 5.81. The summed E-state index contributed by atoms with van der Waals surface area (Å²) in [5, 5.41) is 9.88. The Labute approximate surface area is 89.9 Å². The molecule has 0 amide bonds. The summed E-state index contributed by atoms with van der Waals surface area (Å²) in [6.45, 7) is 0.646. The van der Waals surface area contributed by atoms with Crippen molar-refractivity contribution in [3.63, 3.8) is 0 Å². The number of benzene rings is 1. The summed E-state index contributed by atoms with van der Waals surface area (Å²) in [4.78, 5) is 0. The largest absolute Gasteiger partial charge is 0.493 e. The number of aliphatic hydroxyl groups excluding tert-OH is 1. The van der Waals surface area contributed by atoms with Gasteiger partial charge in [0.05, 0.1) is 12.7 Å². The summed E-state index contributed by atoms with van der Waals surface area (Å²) in [6.07, 6.45) is 5.31. The van der Waals surface area contributed by atoms with E-state index >= 15 is 0 Å². The molecule has 15 heavy (non-hydrogen) atoms. The van der Waals surface area contributed by atoms with Crippen molar-refractivity contribution in [3.8, 4) is 5.75 Å². The lowest BCUT2D eigenvalue weighted by Crippen LogP contribution is -2.15. The van der Waals surface area contributed by atoms with Crippen LogP contribution in [0.25, 0.3) is 0 Å². The standard InChI is InChI=1S/C13H16O2/c14-12-5-6-15-13-8-10-4-2-1-3-9(10)7-11(12)13/h7-8,12,14H,1-6H2/t12-/m0/s1. The maximum Gasteiger partial charge on any atom is 0.125 e. The predicted molar refractivity (Wildman–Crippen MR) is 58.2 cm³/mol. The van der Waals surface area contributed by atoms with E-state index < -0.39 is 0 Å². The topological polar surface area (TPSA) is 29.5 Å². The molecule has 1 aromatic carbocycles. The molecule has 80 valence electrons. The molecule has 0 bridgehead atoms. The van der Waals surface area contributed by atoms with Crippen molar-refractivity contribution in [1.29, 1.82) is 0 Å². The molecule has 1 aliphatic heterocycles. The molecule has 0 saturated heterocycles. The fourth-order valence-electron chi connectivity index (χ4n) is 2.60. The predicted octanol–water partition coefficient (Wildman–Crippen LogP) is 2.38. The zero-order valence-corrected chi connectivity index (χ0v) is 8.83. The summed E-state index contributed by atoms with van der Waals surface area (Å²) in [5.74, 6) is 0.911. The van der Waals surface area contributed by atoms with Crippen LogP contribution in [0.5, 0.6) is 5.75 Å². The molecule has 0 fully saturated rings. The minimum absolute atomic E-state index is 0.319. The summed E-state index contributed by atoms with van der Waals surface area (Å²) in [7, 11) is 0. The Morgan fingerprint density at radius 1 is 1.13 bits per heavy atom. The molecular weight excluding hydrogens is 188 g/mol. The third-order valence-corrected chi connectivity index (χ3v) is 3.48. The molecule has 2 heteroatoms. The van der Waals surface area contributed by atoms with Gasteiger partial charge in [-0.05, 0) is 48.9 Å². The highest BCUT2D eigenvalue weighted by Gasteiger charge is 2.22. The van der Waals surface area contributed by atoms with Crippen molar-refractivity contribution in [2.75, 3.05) is 6.61 Å². The molecule has 1 aliphatic carbocycles. The van der Waals surface area contributed by atoms with Crippen molar-refractivity contribution < 1.29 is 9.84 Å². The number of hydrogen-bond acceptors (Lipinski definition) is 2. The van der Waals surface area contributed by atoms with Crippen LogP contribution in [0.1, 0.15) is 42.1 Å². The van der Waals surface area contributed by atoms with Crippen LogP contribution >= 0.6 is 0 Å². The Balaban J connectivity index is 2.08. The molecule has 2 aliphatic rings. The number of fused-ring (bicyclic) bond motifs is 2. The normalized spacial score (nSPS) is 23.9. The van der Waals surface area contributed by atoms with Crippen molar-refractivity contribution in [2.45, 2.75) is 38.2 Å². The molecule has 1 aromatic rings. The lowest BCUT2D eigenvalue weighted by molar-refractivity contribution is 0.115. The summed E-state index contributed by atoms with van der Waals surface area (Å²) in [5.41, 5.74) is 3.85. The maximum absolute atomic E-state index is 9.88. The zero-order chi connectivity index (χ0) is 10.3. The van der Waals surface area contributed by atoms with Crippen molar-refractivity contribution in [3.05, 3.63) is 28.8 Å². The molecule has 2 nitrogen and oxygen atoms in total. The summed E-state index contributed by atoms with van der Waals surface area (Å²) < 4.78 is 5.60. The quantitative estimate of drug-likeness (QED) is 0.703. The van der Waals surface area contributed by atoms with Gasteiger partial charge in [0.25, 0.3) is 0 Å². The molecule has 0 saturated carbocycles. The van der Waals surface area contributed by atoms with E-state index in [4.69, 9.17) is 4.74 Å². The van der Waals surface area contributed by atoms with E-state index in [9.17, 15) is 5.11 Å². The van der Waals surface area contributed by atoms with Crippen LogP contribution < -0.4 is 4.74 Å². The van der Waals surface area contributed by atoms with Gasteiger partial charge >= 0.3 is 0 Å². The van der Waals surface area contributed by atoms with Gasteiger partial charge in [0.1, 0.15) is 5.75 Å². The molecule has 0 unspecified atom stereocenters. The lowest BCUT2D eigenvalue weighted by atomic mass is 9.88. The zero-order valence-electron chi connectivity index (χ0n) is 8.83. The monoisotopic (exact) mass is 204 g/mol. The lowest BCUT2D eigenvalue weighted by Gasteiger charge is -2.26. The fourth-order valence-corrected chi connectivity index (χ4v) is 2.60. The van der Waals surface area contributed by atoms with Gasteiger partial charge in [0.15, 0.2) is 0 Å². The summed E-state index contributed by atoms with van der Waals surface area (Å²) >= 11 is 0. The van der Waals surface area contributed by atoms with E-state index in [-0.39, 0.29) is 6.10 Å². The second-order valence-corrected chi connectivity index (χ2v) is 4.52. The van der Waals surface area contributed by atoms with E-state index in [0.717, 1.165) is 24.2 Å². The van der Waals surface area contributed by atoms with Crippen LogP contribution in [0.2, 0.25) is 0 Å². The number of hydrogen-bond donors (Lipinski definition) is 1. The minimum atomic E-state index is -0.319. The first-order chi connectivity index (χ1) is 7.34. The molecule has 0 radical (unpaired) electrons. The molecule has 0 aromatic heterocycles. The van der Waals surface area contributed by atoms with Crippen molar-refractivity contribution in [2.24, 2.45) is 0 Å². The van der Waals surface area contributed by atoms with Gasteiger partial charge in [-0.15, -0.1) is 0 Å². The molecule has 0 spiro atoms. The van der Waals surface area contributed by atoms with Gasteiger partial charge in [-0.25, -0.2) is 0 Å². The van der Waals surface area contributed by atoms with Gasteiger partial charge in [-0.3, -0.25) is 0 Å². The van der Waals surface area contributed by atoms with Crippen LogP contribution in [-0.2, 0) is 12.8 Å². The molecule has 1 N–H and O–H groups in total. The molecule has 3 rings (SSSR count). The third-order valence-electron chi connectivity index (χ3n) is 3.48. The molecular formula is C13H16O2. The Morgan fingerprint density at radius 3 is 2.67 bits per heavy atom. The second kappa shape index (κ2) is 3.53.